The van der Waals surface area contributed by atoms with Gasteiger partial charge in [0.1, 0.15) is 0 Å². The van der Waals surface area contributed by atoms with Gasteiger partial charge in [0.25, 0.3) is 0 Å². The van der Waals surface area contributed by atoms with Crippen molar-refractivity contribution >= 4 is 40.7 Å². The molecule has 4 rings (SSSR count). The van der Waals surface area contributed by atoms with Crippen LogP contribution in [0.3, 0.4) is 0 Å². The third kappa shape index (κ3) is 4.77. The first-order chi connectivity index (χ1) is 16.9. The van der Waals surface area contributed by atoms with Gasteiger partial charge in [-0.1, -0.05) is 11.6 Å². The number of likely N-dealkylation sites (tertiary alicyclic amines) is 1. The van der Waals surface area contributed by atoms with Gasteiger partial charge >= 0.3 is 11.7 Å². The van der Waals surface area contributed by atoms with E-state index in [1.807, 2.05) is 0 Å². The maximum atomic E-state index is 12.8. The van der Waals surface area contributed by atoms with Gasteiger partial charge in [0.15, 0.2) is 17.1 Å². The fraction of sp³-hybridized carbons (Fsp3) is 0.320. The van der Waals surface area contributed by atoms with Gasteiger partial charge in [-0.2, -0.15) is 0 Å². The number of oxazole rings is 1. The molecule has 0 spiro atoms. The van der Waals surface area contributed by atoms with Gasteiger partial charge in [0.05, 0.1) is 37.4 Å². The van der Waals surface area contributed by atoms with Gasteiger partial charge in [-0.3, -0.25) is 9.36 Å². The number of methoxy groups -OCH3 is 3. The third-order valence-electron chi connectivity index (χ3n) is 6.10. The molecule has 0 atom stereocenters. The van der Waals surface area contributed by atoms with Crippen molar-refractivity contribution in [2.45, 2.75) is 18.9 Å². The van der Waals surface area contributed by atoms with Crippen LogP contribution in [0.5, 0.6) is 11.5 Å². The number of benzene rings is 2. The van der Waals surface area contributed by atoms with Gasteiger partial charge in [-0.15, -0.1) is 0 Å². The van der Waals surface area contributed by atoms with Crippen LogP contribution in [0.25, 0.3) is 17.2 Å². The number of ether oxygens (including phenoxy) is 3. The molecular weight excluding hydrogens is 476 g/mol. The number of fused-ring (bicyclic) bond motifs is 1. The summed E-state index contributed by atoms with van der Waals surface area (Å²) in [4.78, 5) is 39.0. The van der Waals surface area contributed by atoms with Crippen molar-refractivity contribution in [3.63, 3.8) is 0 Å². The molecule has 1 amide bonds. The van der Waals surface area contributed by atoms with Crippen LogP contribution in [0.15, 0.2) is 45.6 Å². The topological polar surface area (TPSA) is 100 Å². The molecule has 0 bridgehead atoms. The van der Waals surface area contributed by atoms with Crippen LogP contribution < -0.4 is 15.2 Å². The average molecular weight is 501 g/mol. The standard InChI is InChI=1S/C25H25ClN2O7/c1-32-20-8-4-15(22(26)23(20)33-2)6-9-21(29)27-12-10-17(11-13-27)28-18-14-16(24(30)34-3)5-7-19(18)35-25(28)31/h4-9,14,17H,10-13H2,1-3H3/b9-6+. The molecule has 2 aromatic carbocycles. The molecule has 2 heterocycles. The molecule has 0 aliphatic carbocycles. The van der Waals surface area contributed by atoms with E-state index in [-0.39, 0.29) is 11.9 Å². The summed E-state index contributed by atoms with van der Waals surface area (Å²) in [6.07, 6.45) is 4.23. The van der Waals surface area contributed by atoms with Crippen molar-refractivity contribution in [2.24, 2.45) is 0 Å². The Morgan fingerprint density at radius 3 is 2.49 bits per heavy atom. The fourth-order valence-corrected chi connectivity index (χ4v) is 4.56. The molecular formula is C25H25ClN2O7. The largest absolute Gasteiger partial charge is 0.493 e. The molecule has 1 aromatic heterocycles. The van der Waals surface area contributed by atoms with Crippen molar-refractivity contribution in [3.05, 3.63) is 63.1 Å². The maximum absolute atomic E-state index is 12.8. The lowest BCUT2D eigenvalue weighted by atomic mass is 10.0. The number of hydrogen-bond donors (Lipinski definition) is 0. The number of esters is 1. The molecule has 1 fully saturated rings. The Labute approximate surface area is 206 Å². The minimum Gasteiger partial charge on any atom is -0.493 e. The fourth-order valence-electron chi connectivity index (χ4n) is 4.27. The number of halogens is 1. The smallest absolute Gasteiger partial charge is 0.420 e. The van der Waals surface area contributed by atoms with Crippen LogP contribution in [0.4, 0.5) is 0 Å². The third-order valence-corrected chi connectivity index (χ3v) is 6.49. The number of hydrogen-bond acceptors (Lipinski definition) is 7. The molecule has 0 radical (unpaired) electrons. The molecule has 184 valence electrons. The van der Waals surface area contributed by atoms with Crippen LogP contribution in [-0.4, -0.2) is 55.8 Å². The normalized spacial score (nSPS) is 14.5. The van der Waals surface area contributed by atoms with E-state index in [0.717, 1.165) is 0 Å². The summed E-state index contributed by atoms with van der Waals surface area (Å²) >= 11 is 6.39. The number of carbonyl (C=O) groups is 2. The number of piperidine rings is 1. The summed E-state index contributed by atoms with van der Waals surface area (Å²) in [6, 6.07) is 8.05. The average Bonchev–Trinajstić information content (AvgIpc) is 3.21. The highest BCUT2D eigenvalue weighted by molar-refractivity contribution is 6.33. The van der Waals surface area contributed by atoms with Crippen molar-refractivity contribution in [1.82, 2.24) is 9.47 Å². The van der Waals surface area contributed by atoms with E-state index in [1.54, 1.807) is 45.9 Å². The Morgan fingerprint density at radius 2 is 1.83 bits per heavy atom. The quantitative estimate of drug-likeness (QED) is 0.373. The Bertz CT molecular complexity index is 1350. The molecule has 35 heavy (non-hydrogen) atoms. The molecule has 1 saturated heterocycles. The first-order valence-electron chi connectivity index (χ1n) is 11.0. The van der Waals surface area contributed by atoms with E-state index in [1.165, 1.54) is 27.4 Å². The maximum Gasteiger partial charge on any atom is 0.420 e. The number of rotatable bonds is 6. The summed E-state index contributed by atoms with van der Waals surface area (Å²) in [6.45, 7) is 0.923. The zero-order valence-electron chi connectivity index (χ0n) is 19.6. The molecule has 9 nitrogen and oxygen atoms in total. The van der Waals surface area contributed by atoms with E-state index >= 15 is 0 Å². The predicted molar refractivity (Wildman–Crippen MR) is 130 cm³/mol. The van der Waals surface area contributed by atoms with Crippen LogP contribution in [0.1, 0.15) is 34.8 Å². The van der Waals surface area contributed by atoms with E-state index < -0.39 is 11.7 Å². The van der Waals surface area contributed by atoms with Gasteiger partial charge in [-0.25, -0.2) is 9.59 Å². The van der Waals surface area contributed by atoms with Crippen molar-refractivity contribution in [3.8, 4) is 11.5 Å². The first kappa shape index (κ1) is 24.4. The summed E-state index contributed by atoms with van der Waals surface area (Å²) in [5, 5.41) is 0.354. The number of aromatic nitrogens is 1. The zero-order chi connectivity index (χ0) is 25.1. The van der Waals surface area contributed by atoms with E-state index in [9.17, 15) is 14.4 Å². The second kappa shape index (κ2) is 10.3. The van der Waals surface area contributed by atoms with E-state index in [0.29, 0.717) is 64.7 Å². The number of nitrogens with zero attached hydrogens (tertiary/aromatic N) is 2. The predicted octanol–water partition coefficient (Wildman–Crippen LogP) is 3.93. The highest BCUT2D eigenvalue weighted by atomic mass is 35.5. The Morgan fingerprint density at radius 1 is 1.09 bits per heavy atom. The van der Waals surface area contributed by atoms with E-state index in [4.69, 9.17) is 30.2 Å². The summed E-state index contributed by atoms with van der Waals surface area (Å²) < 4.78 is 22.2. The lowest BCUT2D eigenvalue weighted by Crippen LogP contribution is -2.39. The lowest BCUT2D eigenvalue weighted by molar-refractivity contribution is -0.127. The van der Waals surface area contributed by atoms with Crippen LogP contribution >= 0.6 is 11.6 Å². The lowest BCUT2D eigenvalue weighted by Gasteiger charge is -2.31. The van der Waals surface area contributed by atoms with Gasteiger partial charge in [-0.05, 0) is 54.8 Å². The van der Waals surface area contributed by atoms with Gasteiger partial charge in [0, 0.05) is 25.2 Å². The van der Waals surface area contributed by atoms with Gasteiger partial charge < -0.3 is 23.5 Å². The minimum absolute atomic E-state index is 0.160. The summed E-state index contributed by atoms with van der Waals surface area (Å²) in [5.74, 6) is -0.239. The van der Waals surface area contributed by atoms with Crippen molar-refractivity contribution in [2.75, 3.05) is 34.4 Å². The summed E-state index contributed by atoms with van der Waals surface area (Å²) in [7, 11) is 4.32. The van der Waals surface area contributed by atoms with Crippen LogP contribution in [0, 0.1) is 0 Å². The molecule has 10 heteroatoms. The van der Waals surface area contributed by atoms with Crippen molar-refractivity contribution in [1.29, 1.82) is 0 Å². The Balaban J connectivity index is 1.47. The zero-order valence-corrected chi connectivity index (χ0v) is 20.3. The van der Waals surface area contributed by atoms with Crippen molar-refractivity contribution < 1.29 is 28.2 Å². The molecule has 0 saturated carbocycles. The monoisotopic (exact) mass is 500 g/mol. The minimum atomic E-state index is -0.492. The van der Waals surface area contributed by atoms with E-state index in [2.05, 4.69) is 0 Å². The van der Waals surface area contributed by atoms with Crippen LogP contribution in [-0.2, 0) is 9.53 Å². The molecule has 3 aromatic rings. The first-order valence-corrected chi connectivity index (χ1v) is 11.4. The molecule has 0 unspecified atom stereocenters. The second-order valence-electron chi connectivity index (χ2n) is 8.01. The second-order valence-corrected chi connectivity index (χ2v) is 8.38. The number of amides is 1. The molecule has 0 N–H and O–H groups in total. The SMILES string of the molecule is COC(=O)c1ccc2oc(=O)n(C3CCN(C(=O)/C=C/c4ccc(OC)c(OC)c4Cl)CC3)c2c1. The van der Waals surface area contributed by atoms with Gasteiger partial charge in [0.2, 0.25) is 5.91 Å². The highest BCUT2D eigenvalue weighted by Gasteiger charge is 2.26. The Hall–Kier alpha value is -3.72. The molecule has 1 aliphatic rings. The Kier molecular flexibility index (Phi) is 7.16. The molecule has 1 aliphatic heterocycles. The summed E-state index contributed by atoms with van der Waals surface area (Å²) in [5.41, 5.74) is 1.90. The van der Waals surface area contributed by atoms with Crippen LogP contribution in [0.2, 0.25) is 5.02 Å². The number of carbonyl (C=O) groups excluding carboxylic acids is 2. The highest BCUT2D eigenvalue weighted by Crippen LogP contribution is 2.37.